The highest BCUT2D eigenvalue weighted by Gasteiger charge is 1.70. The summed E-state index contributed by atoms with van der Waals surface area (Å²) in [4.78, 5) is 0. The summed E-state index contributed by atoms with van der Waals surface area (Å²) in [7, 11) is 0. The molecule has 0 amide bonds. The maximum Gasteiger partial charge on any atom is 0.732 e. The second kappa shape index (κ2) is 9.06. The van der Waals surface area contributed by atoms with Gasteiger partial charge in [0.05, 0.1) is 0 Å². The van der Waals surface area contributed by atoms with Crippen molar-refractivity contribution in [3.63, 3.8) is 0 Å². The molecule has 0 bridgehead atoms. The van der Waals surface area contributed by atoms with Gasteiger partial charge in [0.15, 0.2) is 17.4 Å². The van der Waals surface area contributed by atoms with Gasteiger partial charge in [0, 0.05) is 0 Å². The van der Waals surface area contributed by atoms with Crippen LogP contribution in [0.15, 0.2) is 0 Å². The Morgan fingerprint density at radius 2 is 1.25 bits per heavy atom. The molecule has 0 radical (unpaired) electrons. The predicted octanol–water partition coefficient (Wildman–Crippen LogP) is -0.992. The standard InChI is InChI=1S/2Al.2FH.4H/h;;2*1H;;;;/q;+2;;;;;;/p-2. The van der Waals surface area contributed by atoms with Crippen molar-refractivity contribution in [2.45, 2.75) is 0 Å². The van der Waals surface area contributed by atoms with Crippen molar-refractivity contribution in [1.29, 1.82) is 0 Å². The summed E-state index contributed by atoms with van der Waals surface area (Å²) in [5.41, 5.74) is 0. The summed E-state index contributed by atoms with van der Waals surface area (Å²) >= 11 is -2.58. The van der Waals surface area contributed by atoms with Crippen LogP contribution in [0, 0.1) is 0 Å². The van der Waals surface area contributed by atoms with Gasteiger partial charge >= 0.3 is 16.1 Å². The van der Waals surface area contributed by atoms with E-state index in [0.29, 0.717) is 0 Å². The van der Waals surface area contributed by atoms with E-state index in [9.17, 15) is 7.05 Å². The van der Waals surface area contributed by atoms with E-state index in [0.717, 1.165) is 0 Å². The lowest BCUT2D eigenvalue weighted by Gasteiger charge is -1.34. The molecule has 0 heterocycles. The second-order valence-corrected chi connectivity index (χ2v) is 0.303. The molecule has 0 aliphatic rings. The number of rotatable bonds is 0. The normalized spacial score (nSPS) is 3.50. The average Bonchev–Trinajstić information content (AvgIpc) is 0.918. The Morgan fingerprint density at radius 3 is 1.25 bits per heavy atom. The first-order valence-corrected chi connectivity index (χ1v) is 1.60. The van der Waals surface area contributed by atoms with E-state index >= 15 is 0 Å². The van der Waals surface area contributed by atoms with E-state index in [-0.39, 0.29) is 17.4 Å². The summed E-state index contributed by atoms with van der Waals surface area (Å²) in [6.45, 7) is 0. The van der Waals surface area contributed by atoms with Crippen molar-refractivity contribution in [2.24, 2.45) is 0 Å². The molecule has 0 rings (SSSR count). The third-order valence-corrected chi connectivity index (χ3v) is 0. The predicted molar refractivity (Wildman–Crippen MR) is 19.3 cm³/mol. The third kappa shape index (κ3) is 12.7. The van der Waals surface area contributed by atoms with E-state index in [1.54, 1.807) is 0 Å². The first-order valence-electron chi connectivity index (χ1n) is 0.535. The smallest absolute Gasteiger partial charge is 0.377 e. The molecule has 0 spiro atoms. The summed E-state index contributed by atoms with van der Waals surface area (Å²) < 4.78 is 19.5. The first kappa shape index (κ1) is 8.87. The van der Waals surface area contributed by atoms with E-state index < -0.39 is 16.1 Å². The minimum atomic E-state index is -2.58. The molecule has 0 fully saturated rings. The lowest BCUT2D eigenvalue weighted by molar-refractivity contribution is 0.712. The number of hydrogen-bond acceptors (Lipinski definition) is 0. The monoisotopic (exact) mass is 96.0 g/mol. The molecule has 4 heavy (non-hydrogen) atoms. The maximum atomic E-state index is 9.76. The fourth-order valence-electron chi connectivity index (χ4n) is 0. The molecule has 4 heteroatoms. The molecule has 0 aliphatic heterocycles. The molecular weight excluding hydrogens is 92.0 g/mol. The van der Waals surface area contributed by atoms with Crippen LogP contribution in [0.1, 0.15) is 0 Å². The highest BCUT2D eigenvalue weighted by molar-refractivity contribution is 6.15. The fourth-order valence-corrected chi connectivity index (χ4v) is 0. The zero-order chi connectivity index (χ0) is 2.71. The Bertz CT molecular complexity index is 4.00. The highest BCUT2D eigenvalue weighted by Crippen LogP contribution is 1.49. The topological polar surface area (TPSA) is 0 Å². The van der Waals surface area contributed by atoms with Gasteiger partial charge in [-0.25, -0.2) is 0 Å². The molecule has 24 valence electrons. The summed E-state index contributed by atoms with van der Waals surface area (Å²) in [6.07, 6.45) is 0. The zero-order valence-corrected chi connectivity index (χ0v) is 2.88. The summed E-state index contributed by atoms with van der Waals surface area (Å²) in [5, 5.41) is 0. The van der Waals surface area contributed by atoms with Crippen molar-refractivity contribution >= 4 is 33.5 Å². The Balaban J connectivity index is 0. The van der Waals surface area contributed by atoms with Gasteiger partial charge < -0.3 is 7.05 Å². The van der Waals surface area contributed by atoms with Gasteiger partial charge in [-0.1, -0.05) is 0 Å². The van der Waals surface area contributed by atoms with Gasteiger partial charge in [0.1, 0.15) is 0 Å². The molecule has 0 aromatic rings. The molecule has 0 N–H and O–H groups in total. The summed E-state index contributed by atoms with van der Waals surface area (Å²) in [6, 6.07) is 0. The van der Waals surface area contributed by atoms with E-state index in [1.807, 2.05) is 0 Å². The Hall–Kier alpha value is 0.925. The number of hydrogen-bond donors (Lipinski definition) is 0. The van der Waals surface area contributed by atoms with Gasteiger partial charge in [-0.2, -0.15) is 0 Å². The van der Waals surface area contributed by atoms with Gasteiger partial charge in [0.2, 0.25) is 0 Å². The molecule has 0 unspecified atom stereocenters. The molecule has 0 aromatic carbocycles. The van der Waals surface area contributed by atoms with Gasteiger partial charge in [0.25, 0.3) is 0 Å². The Kier molecular flexibility index (Phi) is 20.1. The lowest BCUT2D eigenvalue weighted by atomic mass is 18.8. The maximum absolute atomic E-state index is 9.76. The zero-order valence-electron chi connectivity index (χ0n) is 1.46. The van der Waals surface area contributed by atoms with Gasteiger partial charge in [-0.15, -0.1) is 0 Å². The number of halogens is 2. The van der Waals surface area contributed by atoms with E-state index in [4.69, 9.17) is 0 Å². The van der Waals surface area contributed by atoms with Crippen LogP contribution in [-0.2, 0) is 0 Å². The Labute approximate surface area is 41.0 Å². The molecule has 0 aromatic heterocycles. The van der Waals surface area contributed by atoms with Gasteiger partial charge in [-0.3, -0.25) is 0 Å². The van der Waals surface area contributed by atoms with Crippen LogP contribution >= 0.6 is 0 Å². The van der Waals surface area contributed by atoms with Crippen molar-refractivity contribution in [3.05, 3.63) is 0 Å². The first-order chi connectivity index (χ1) is 1.41. The van der Waals surface area contributed by atoms with E-state index in [1.165, 1.54) is 0 Å². The average molecular weight is 96.0 g/mol. The van der Waals surface area contributed by atoms with Crippen molar-refractivity contribution in [1.82, 2.24) is 0 Å². The van der Waals surface area contributed by atoms with Crippen LogP contribution in [0.3, 0.4) is 0 Å². The molecule has 0 saturated heterocycles. The SMILES string of the molecule is [AlH3].[F][AlH][F]. The largest absolute Gasteiger partial charge is 0.732 e. The minimum Gasteiger partial charge on any atom is -0.377 e. The second-order valence-electron chi connectivity index (χ2n) is 0.101. The van der Waals surface area contributed by atoms with Crippen molar-refractivity contribution < 1.29 is 7.05 Å². The van der Waals surface area contributed by atoms with Crippen LogP contribution in [0.5, 0.6) is 0 Å². The third-order valence-electron chi connectivity index (χ3n) is 0. The molecular formula is H4Al2F2. The van der Waals surface area contributed by atoms with Crippen LogP contribution in [0.2, 0.25) is 0 Å². The van der Waals surface area contributed by atoms with Crippen LogP contribution in [-0.4, -0.2) is 33.5 Å². The quantitative estimate of drug-likeness (QED) is 0.339. The van der Waals surface area contributed by atoms with E-state index in [2.05, 4.69) is 0 Å². The van der Waals surface area contributed by atoms with Crippen molar-refractivity contribution in [3.8, 4) is 0 Å². The lowest BCUT2D eigenvalue weighted by Crippen LogP contribution is -1.45. The highest BCUT2D eigenvalue weighted by atomic mass is 27.2. The molecule has 0 atom stereocenters. The van der Waals surface area contributed by atoms with Crippen LogP contribution in [0.25, 0.3) is 0 Å². The molecule has 0 aliphatic carbocycles. The molecule has 0 nitrogen and oxygen atoms in total. The van der Waals surface area contributed by atoms with Crippen LogP contribution in [0.4, 0.5) is 7.05 Å². The molecule has 0 saturated carbocycles. The van der Waals surface area contributed by atoms with Crippen LogP contribution < -0.4 is 0 Å². The fraction of sp³-hybridized carbons (Fsp3) is 0. The summed E-state index contributed by atoms with van der Waals surface area (Å²) in [5.74, 6) is 0. The van der Waals surface area contributed by atoms with Gasteiger partial charge in [-0.05, 0) is 0 Å². The minimum absolute atomic E-state index is 0. The van der Waals surface area contributed by atoms with Crippen molar-refractivity contribution in [2.75, 3.05) is 0 Å². The Morgan fingerprint density at radius 1 is 1.25 bits per heavy atom.